The molecule has 0 saturated heterocycles. The summed E-state index contributed by atoms with van der Waals surface area (Å²) in [6.45, 7) is 0. The summed E-state index contributed by atoms with van der Waals surface area (Å²) in [6.07, 6.45) is -2.61. The van der Waals surface area contributed by atoms with Crippen molar-refractivity contribution >= 4 is 37.1 Å². The topological polar surface area (TPSA) is 287 Å². The van der Waals surface area contributed by atoms with Crippen LogP contribution in [-0.4, -0.2) is 47.8 Å². The van der Waals surface area contributed by atoms with E-state index in [9.17, 15) is 38.3 Å². The Morgan fingerprint density at radius 3 is 1.55 bits per heavy atom. The second-order valence-corrected chi connectivity index (χ2v) is 7.21. The summed E-state index contributed by atoms with van der Waals surface area (Å²) in [7, 11) is -5.21. The van der Waals surface area contributed by atoms with E-state index in [1.807, 2.05) is 10.7 Å². The highest BCUT2D eigenvalue weighted by atomic mass is 31.2. The van der Waals surface area contributed by atoms with E-state index in [-0.39, 0.29) is 25.7 Å². The first-order chi connectivity index (χ1) is 13.4. The second-order valence-electron chi connectivity index (χ2n) is 5.67. The van der Waals surface area contributed by atoms with Crippen molar-refractivity contribution in [3.63, 3.8) is 0 Å². The van der Waals surface area contributed by atoms with E-state index in [1.165, 1.54) is 0 Å². The number of amides is 5. The van der Waals surface area contributed by atoms with Crippen LogP contribution in [0.25, 0.3) is 0 Å². The molecule has 17 heteroatoms. The van der Waals surface area contributed by atoms with Gasteiger partial charge in [-0.05, 0) is 12.8 Å². The largest absolute Gasteiger partial charge is 0.810 e. The minimum atomic E-state index is -5.21. The molecule has 0 saturated carbocycles. The van der Waals surface area contributed by atoms with E-state index in [0.29, 0.717) is 0 Å². The lowest BCUT2D eigenvalue weighted by Crippen LogP contribution is -2.55. The molecule has 0 aromatic heterocycles. The molecule has 2 atom stereocenters. The summed E-state index contributed by atoms with van der Waals surface area (Å²) in [4.78, 5) is 79.8. The molecular formula is C12H23N8O8P-2. The van der Waals surface area contributed by atoms with Crippen LogP contribution in [0.2, 0.25) is 0 Å². The standard InChI is InChI=1S/C12H25N8O8P/c13-18-8(21)3-1-6(16-10(23)5-29(26,27)28)11(24)17-7(12(25)20-15)2-4-9(22)19-14/h6-7H,1-5,13-15H2,(H,16,23)(H,17,24)(H,18,21)(H,19,22)(H,20,25)(H2,26,27,28)/p-2/t6-,7-/m0/s1. The third kappa shape index (κ3) is 11.7. The third-order valence-corrected chi connectivity index (χ3v) is 4.08. The van der Waals surface area contributed by atoms with Crippen molar-refractivity contribution < 1.29 is 38.3 Å². The van der Waals surface area contributed by atoms with E-state index in [4.69, 9.17) is 17.5 Å². The Balaban J connectivity index is 5.26. The minimum absolute atomic E-state index is 0.224. The van der Waals surface area contributed by atoms with Gasteiger partial charge in [-0.3, -0.25) is 40.3 Å². The lowest BCUT2D eigenvalue weighted by Gasteiger charge is -2.29. The van der Waals surface area contributed by atoms with Gasteiger partial charge >= 0.3 is 0 Å². The quantitative estimate of drug-likeness (QED) is 0.0613. The zero-order valence-corrected chi connectivity index (χ0v) is 16.0. The monoisotopic (exact) mass is 438 g/mol. The van der Waals surface area contributed by atoms with Crippen LogP contribution in [0.4, 0.5) is 0 Å². The lowest BCUT2D eigenvalue weighted by atomic mass is 10.1. The Kier molecular flexibility index (Phi) is 11.6. The predicted octanol–water partition coefficient (Wildman–Crippen LogP) is -6.60. The van der Waals surface area contributed by atoms with Crippen LogP contribution in [0.3, 0.4) is 0 Å². The Labute approximate surface area is 164 Å². The molecule has 0 bridgehead atoms. The van der Waals surface area contributed by atoms with Crippen molar-refractivity contribution in [1.29, 1.82) is 0 Å². The molecule has 5 amide bonds. The lowest BCUT2D eigenvalue weighted by molar-refractivity contribution is -0.312. The maximum absolute atomic E-state index is 12.4. The number of hydrogen-bond donors (Lipinski definition) is 8. The van der Waals surface area contributed by atoms with E-state index in [2.05, 4.69) is 5.32 Å². The smallest absolute Gasteiger partial charge is 0.256 e. The molecule has 0 heterocycles. The first-order valence-electron chi connectivity index (χ1n) is 8.03. The number of carbonyl (C=O) groups excluding carboxylic acids is 5. The molecule has 0 aromatic rings. The van der Waals surface area contributed by atoms with E-state index in [1.54, 1.807) is 10.9 Å². The van der Waals surface area contributed by atoms with Gasteiger partial charge < -0.3 is 25.0 Å². The summed E-state index contributed by atoms with van der Waals surface area (Å²) < 4.78 is 10.7. The summed E-state index contributed by atoms with van der Waals surface area (Å²) in [5, 5.41) is 4.19. The molecule has 0 fully saturated rings. The average Bonchev–Trinajstić information content (AvgIpc) is 2.65. The Morgan fingerprint density at radius 1 is 0.724 bits per heavy atom. The predicted molar refractivity (Wildman–Crippen MR) is 91.8 cm³/mol. The van der Waals surface area contributed by atoms with Gasteiger partial charge in [0, 0.05) is 12.8 Å². The van der Waals surface area contributed by atoms with Gasteiger partial charge in [0.25, 0.3) is 5.91 Å². The van der Waals surface area contributed by atoms with E-state index >= 15 is 0 Å². The van der Waals surface area contributed by atoms with Crippen molar-refractivity contribution in [3.05, 3.63) is 0 Å². The highest BCUT2D eigenvalue weighted by molar-refractivity contribution is 7.49. The van der Waals surface area contributed by atoms with Crippen molar-refractivity contribution in [2.45, 2.75) is 37.8 Å². The molecule has 0 spiro atoms. The average molecular weight is 438 g/mol. The van der Waals surface area contributed by atoms with Gasteiger partial charge in [-0.15, -0.1) is 0 Å². The molecule has 0 aliphatic rings. The van der Waals surface area contributed by atoms with Gasteiger partial charge in [-0.25, -0.2) is 17.5 Å². The zero-order chi connectivity index (χ0) is 22.6. The van der Waals surface area contributed by atoms with Gasteiger partial charge in [-0.2, -0.15) is 0 Å². The van der Waals surface area contributed by atoms with Crippen molar-refractivity contribution in [1.82, 2.24) is 26.9 Å². The number of hydrazine groups is 3. The second kappa shape index (κ2) is 12.8. The summed E-state index contributed by atoms with van der Waals surface area (Å²) in [5.41, 5.74) is 5.40. The van der Waals surface area contributed by atoms with Crippen LogP contribution in [0.15, 0.2) is 0 Å². The Morgan fingerprint density at radius 2 is 1.17 bits per heavy atom. The highest BCUT2D eigenvalue weighted by Crippen LogP contribution is 2.21. The number of rotatable bonds is 12. The normalized spacial score (nSPS) is 12.9. The van der Waals surface area contributed by atoms with Gasteiger partial charge in [0.2, 0.25) is 23.6 Å². The maximum Gasteiger partial charge on any atom is 0.256 e. The van der Waals surface area contributed by atoms with Crippen LogP contribution < -0.4 is 54.2 Å². The Bertz CT molecular complexity index is 668. The molecule has 0 aliphatic heterocycles. The van der Waals surface area contributed by atoms with Crippen LogP contribution in [0.5, 0.6) is 0 Å². The van der Waals surface area contributed by atoms with Crippen LogP contribution in [-0.2, 0) is 28.5 Å². The number of nitrogens with two attached hydrogens (primary N) is 3. The minimum Gasteiger partial charge on any atom is -0.810 e. The maximum atomic E-state index is 12.4. The highest BCUT2D eigenvalue weighted by Gasteiger charge is 2.27. The molecule has 0 radical (unpaired) electrons. The fraction of sp³-hybridized carbons (Fsp3) is 0.583. The number of nitrogens with one attached hydrogen (secondary N) is 5. The molecule has 11 N–H and O–H groups in total. The van der Waals surface area contributed by atoms with E-state index < -0.39 is 55.4 Å². The molecule has 0 unspecified atom stereocenters. The van der Waals surface area contributed by atoms with Crippen molar-refractivity contribution in [3.8, 4) is 0 Å². The fourth-order valence-electron chi connectivity index (χ4n) is 2.02. The van der Waals surface area contributed by atoms with E-state index in [0.717, 1.165) is 0 Å². The SMILES string of the molecule is NNC(=O)CC[C@H](NC(=O)CP(=O)([O-])[O-])C(=O)N[C@@H](CCC(=O)NN)C(=O)NN. The van der Waals surface area contributed by atoms with Gasteiger partial charge in [-0.1, -0.05) is 7.60 Å². The van der Waals surface area contributed by atoms with Crippen molar-refractivity contribution in [2.75, 3.05) is 6.16 Å². The summed E-state index contributed by atoms with van der Waals surface area (Å²) in [6, 6.07) is -2.82. The summed E-state index contributed by atoms with van der Waals surface area (Å²) in [5.74, 6) is 10.3. The van der Waals surface area contributed by atoms with Gasteiger partial charge in [0.1, 0.15) is 12.1 Å². The van der Waals surface area contributed by atoms with Crippen LogP contribution in [0, 0.1) is 0 Å². The molecule has 29 heavy (non-hydrogen) atoms. The number of hydrogen-bond acceptors (Lipinski definition) is 11. The molecule has 0 aromatic carbocycles. The molecule has 0 rings (SSSR count). The molecule has 166 valence electrons. The third-order valence-electron chi connectivity index (χ3n) is 3.41. The van der Waals surface area contributed by atoms with Crippen molar-refractivity contribution in [2.24, 2.45) is 17.5 Å². The van der Waals surface area contributed by atoms with Gasteiger partial charge in [0.05, 0.1) is 6.16 Å². The molecular weight excluding hydrogens is 415 g/mol. The molecule has 0 aliphatic carbocycles. The zero-order valence-electron chi connectivity index (χ0n) is 15.1. The first-order valence-corrected chi connectivity index (χ1v) is 9.76. The van der Waals surface area contributed by atoms with Crippen LogP contribution in [0.1, 0.15) is 25.7 Å². The molecule has 16 nitrogen and oxygen atoms in total. The Hall–Kier alpha value is -2.62. The summed E-state index contributed by atoms with van der Waals surface area (Å²) >= 11 is 0. The van der Waals surface area contributed by atoms with Gasteiger partial charge in [0.15, 0.2) is 0 Å². The first kappa shape index (κ1) is 26.4. The van der Waals surface area contributed by atoms with Crippen LogP contribution >= 0.6 is 7.60 Å². The number of carbonyl (C=O) groups is 5. The fourth-order valence-corrected chi connectivity index (χ4v) is 2.46.